The number of carboxylic acid groups (broad SMARTS) is 1. The van der Waals surface area contributed by atoms with Crippen LogP contribution in [0.5, 0.6) is 11.5 Å². The Kier molecular flexibility index (Phi) is 3.77. The molecule has 1 aliphatic heterocycles. The summed E-state index contributed by atoms with van der Waals surface area (Å²) >= 11 is 0. The zero-order valence-corrected chi connectivity index (χ0v) is 11.5. The fourth-order valence-electron chi connectivity index (χ4n) is 2.48. The van der Waals surface area contributed by atoms with Crippen molar-refractivity contribution in [3.05, 3.63) is 59.7 Å². The van der Waals surface area contributed by atoms with Crippen LogP contribution in [0.2, 0.25) is 0 Å². The summed E-state index contributed by atoms with van der Waals surface area (Å²) in [7, 11) is 0. The topological polar surface area (TPSA) is 55.8 Å². The minimum Gasteiger partial charge on any atom is -0.493 e. The van der Waals surface area contributed by atoms with E-state index in [1.54, 1.807) is 12.1 Å². The molecular weight excluding hydrogens is 268 g/mol. The number of rotatable bonds is 5. The summed E-state index contributed by atoms with van der Waals surface area (Å²) in [5, 5.41) is 8.81. The van der Waals surface area contributed by atoms with E-state index in [0.29, 0.717) is 19.0 Å². The molecule has 1 atom stereocenters. The molecule has 2 aromatic rings. The van der Waals surface area contributed by atoms with E-state index in [9.17, 15) is 4.79 Å². The van der Waals surface area contributed by atoms with Crippen LogP contribution in [0, 0.1) is 0 Å². The van der Waals surface area contributed by atoms with Gasteiger partial charge in [0.1, 0.15) is 11.5 Å². The molecule has 0 saturated carbocycles. The smallest absolute Gasteiger partial charge is 0.307 e. The minimum atomic E-state index is -0.842. The maximum atomic E-state index is 10.7. The van der Waals surface area contributed by atoms with E-state index >= 15 is 0 Å². The average molecular weight is 284 g/mol. The van der Waals surface area contributed by atoms with Crippen molar-refractivity contribution in [2.24, 2.45) is 0 Å². The first-order valence-electron chi connectivity index (χ1n) is 6.87. The predicted octanol–water partition coefficient (Wildman–Crippen LogP) is 2.87. The number of aliphatic carboxylic acids is 1. The Labute approximate surface area is 122 Å². The molecule has 4 nitrogen and oxygen atoms in total. The molecule has 1 N–H and O–H groups in total. The second-order valence-corrected chi connectivity index (χ2v) is 5.07. The molecule has 0 aliphatic carbocycles. The van der Waals surface area contributed by atoms with Gasteiger partial charge in [-0.3, -0.25) is 4.79 Å². The monoisotopic (exact) mass is 284 g/mol. The van der Waals surface area contributed by atoms with Gasteiger partial charge in [0.05, 0.1) is 25.6 Å². The van der Waals surface area contributed by atoms with Gasteiger partial charge in [-0.25, -0.2) is 0 Å². The zero-order chi connectivity index (χ0) is 14.7. The summed E-state index contributed by atoms with van der Waals surface area (Å²) in [6, 6.07) is 15.2. The molecule has 21 heavy (non-hydrogen) atoms. The molecule has 0 aromatic heterocycles. The molecule has 1 unspecified atom stereocenters. The van der Waals surface area contributed by atoms with Gasteiger partial charge in [-0.15, -0.1) is 0 Å². The van der Waals surface area contributed by atoms with Crippen molar-refractivity contribution in [1.82, 2.24) is 0 Å². The number of carbonyl (C=O) groups is 1. The fraction of sp³-hybridized carbons (Fsp3) is 0.235. The Morgan fingerprint density at radius 1 is 1.24 bits per heavy atom. The van der Waals surface area contributed by atoms with E-state index in [1.165, 1.54) is 5.56 Å². The van der Waals surface area contributed by atoms with Gasteiger partial charge in [0.15, 0.2) is 0 Å². The Morgan fingerprint density at radius 2 is 2.10 bits per heavy atom. The SMILES string of the molecule is O=C(O)Cc1cccc(OCC2COc3ccccc32)c1. The number of fused-ring (bicyclic) bond motifs is 1. The standard InChI is InChI=1S/C17H16O4/c18-17(19)9-12-4-3-5-14(8-12)20-10-13-11-21-16-7-2-1-6-15(13)16/h1-8,13H,9-11H2,(H,18,19). The van der Waals surface area contributed by atoms with Crippen molar-refractivity contribution in [3.8, 4) is 11.5 Å². The Bertz CT molecular complexity index is 651. The summed E-state index contributed by atoms with van der Waals surface area (Å²) < 4.78 is 11.4. The van der Waals surface area contributed by atoms with E-state index in [2.05, 4.69) is 6.07 Å². The van der Waals surface area contributed by atoms with Crippen LogP contribution < -0.4 is 9.47 Å². The summed E-state index contributed by atoms with van der Waals surface area (Å²) in [5.74, 6) is 0.985. The third kappa shape index (κ3) is 3.16. The van der Waals surface area contributed by atoms with Crippen LogP contribution in [0.25, 0.3) is 0 Å². The molecule has 0 saturated heterocycles. The van der Waals surface area contributed by atoms with E-state index in [-0.39, 0.29) is 12.3 Å². The van der Waals surface area contributed by atoms with Gasteiger partial charge in [-0.05, 0) is 23.8 Å². The number of carboxylic acids is 1. The Hall–Kier alpha value is -2.49. The molecule has 0 spiro atoms. The molecule has 1 aliphatic rings. The lowest BCUT2D eigenvalue weighted by atomic mass is 10.0. The number of hydrogen-bond acceptors (Lipinski definition) is 3. The van der Waals surface area contributed by atoms with Gasteiger partial charge in [0, 0.05) is 5.56 Å². The minimum absolute atomic E-state index is 0.00652. The van der Waals surface area contributed by atoms with Crippen LogP contribution in [0.3, 0.4) is 0 Å². The second-order valence-electron chi connectivity index (χ2n) is 5.07. The quantitative estimate of drug-likeness (QED) is 0.917. The molecular formula is C17H16O4. The zero-order valence-electron chi connectivity index (χ0n) is 11.5. The van der Waals surface area contributed by atoms with Gasteiger partial charge in [0.25, 0.3) is 0 Å². The third-order valence-corrected chi connectivity index (χ3v) is 3.50. The van der Waals surface area contributed by atoms with Gasteiger partial charge in [-0.2, -0.15) is 0 Å². The fourth-order valence-corrected chi connectivity index (χ4v) is 2.48. The van der Waals surface area contributed by atoms with E-state index in [4.69, 9.17) is 14.6 Å². The van der Waals surface area contributed by atoms with Crippen LogP contribution >= 0.6 is 0 Å². The largest absolute Gasteiger partial charge is 0.493 e. The van der Waals surface area contributed by atoms with Crippen molar-refractivity contribution in [1.29, 1.82) is 0 Å². The Balaban J connectivity index is 1.65. The molecule has 0 bridgehead atoms. The van der Waals surface area contributed by atoms with Crippen LogP contribution in [0.1, 0.15) is 17.0 Å². The number of hydrogen-bond donors (Lipinski definition) is 1. The van der Waals surface area contributed by atoms with Crippen molar-refractivity contribution >= 4 is 5.97 Å². The van der Waals surface area contributed by atoms with E-state index in [0.717, 1.165) is 11.3 Å². The van der Waals surface area contributed by atoms with Crippen LogP contribution in [0.4, 0.5) is 0 Å². The lowest BCUT2D eigenvalue weighted by molar-refractivity contribution is -0.136. The highest BCUT2D eigenvalue weighted by molar-refractivity contribution is 5.70. The van der Waals surface area contributed by atoms with Gasteiger partial charge in [-0.1, -0.05) is 30.3 Å². The first kappa shape index (κ1) is 13.5. The predicted molar refractivity (Wildman–Crippen MR) is 78.0 cm³/mol. The van der Waals surface area contributed by atoms with E-state index < -0.39 is 5.97 Å². The molecule has 2 aromatic carbocycles. The third-order valence-electron chi connectivity index (χ3n) is 3.50. The number of para-hydroxylation sites is 1. The highest BCUT2D eigenvalue weighted by atomic mass is 16.5. The van der Waals surface area contributed by atoms with Crippen molar-refractivity contribution in [3.63, 3.8) is 0 Å². The normalized spacial score (nSPS) is 16.1. The number of ether oxygens (including phenoxy) is 2. The average Bonchev–Trinajstić information content (AvgIpc) is 2.88. The summed E-state index contributed by atoms with van der Waals surface area (Å²) in [4.78, 5) is 10.7. The molecule has 0 amide bonds. The van der Waals surface area contributed by atoms with Gasteiger partial charge in [0.2, 0.25) is 0 Å². The second kappa shape index (κ2) is 5.87. The molecule has 108 valence electrons. The summed E-state index contributed by atoms with van der Waals surface area (Å²) in [6.45, 7) is 1.14. The van der Waals surface area contributed by atoms with Crippen molar-refractivity contribution in [2.75, 3.05) is 13.2 Å². The van der Waals surface area contributed by atoms with Crippen molar-refractivity contribution < 1.29 is 19.4 Å². The summed E-state index contributed by atoms with van der Waals surface area (Å²) in [6.07, 6.45) is 0.00652. The van der Waals surface area contributed by atoms with E-state index in [1.807, 2.05) is 30.3 Å². The van der Waals surface area contributed by atoms with Gasteiger partial charge < -0.3 is 14.6 Å². The molecule has 1 heterocycles. The molecule has 0 fully saturated rings. The van der Waals surface area contributed by atoms with Crippen molar-refractivity contribution in [2.45, 2.75) is 12.3 Å². The maximum Gasteiger partial charge on any atom is 0.307 e. The van der Waals surface area contributed by atoms with Crippen LogP contribution in [-0.4, -0.2) is 24.3 Å². The maximum absolute atomic E-state index is 10.7. The van der Waals surface area contributed by atoms with Crippen LogP contribution in [-0.2, 0) is 11.2 Å². The highest BCUT2D eigenvalue weighted by Gasteiger charge is 2.24. The molecule has 4 heteroatoms. The number of benzene rings is 2. The highest BCUT2D eigenvalue weighted by Crippen LogP contribution is 2.33. The lowest BCUT2D eigenvalue weighted by Crippen LogP contribution is -2.11. The lowest BCUT2D eigenvalue weighted by Gasteiger charge is -2.12. The summed E-state index contributed by atoms with van der Waals surface area (Å²) in [5.41, 5.74) is 1.90. The first-order valence-corrected chi connectivity index (χ1v) is 6.87. The van der Waals surface area contributed by atoms with Gasteiger partial charge >= 0.3 is 5.97 Å². The first-order chi connectivity index (χ1) is 10.2. The molecule has 0 radical (unpaired) electrons. The Morgan fingerprint density at radius 3 is 2.95 bits per heavy atom. The van der Waals surface area contributed by atoms with Crippen LogP contribution in [0.15, 0.2) is 48.5 Å². The molecule has 3 rings (SSSR count).